The fourth-order valence-electron chi connectivity index (χ4n) is 4.38. The topological polar surface area (TPSA) is 56.2 Å². The summed E-state index contributed by atoms with van der Waals surface area (Å²) in [7, 11) is 0. The molecule has 6 nitrogen and oxygen atoms in total. The van der Waals surface area contributed by atoms with Gasteiger partial charge in [0.1, 0.15) is 0 Å². The molecule has 0 aliphatic carbocycles. The molecule has 3 heterocycles. The number of aliphatic hydroxyl groups excluding tert-OH is 1. The molecule has 3 fully saturated rings. The van der Waals surface area contributed by atoms with Crippen LogP contribution in [0, 0.1) is 5.92 Å². The van der Waals surface area contributed by atoms with Gasteiger partial charge in [-0.2, -0.15) is 0 Å². The van der Waals surface area contributed by atoms with E-state index in [0.717, 1.165) is 65.1 Å². The zero-order valence-corrected chi connectivity index (χ0v) is 14.9. The Bertz CT molecular complexity index is 393. The first-order valence-corrected chi connectivity index (χ1v) is 9.71. The van der Waals surface area contributed by atoms with E-state index in [1.165, 1.54) is 12.8 Å². The maximum Gasteiger partial charge on any atom is 0.227 e. The first-order valence-electron chi connectivity index (χ1n) is 9.71. The van der Waals surface area contributed by atoms with Crippen molar-refractivity contribution >= 4 is 5.91 Å². The van der Waals surface area contributed by atoms with Crippen molar-refractivity contribution < 1.29 is 14.6 Å². The molecule has 0 aromatic rings. The van der Waals surface area contributed by atoms with Gasteiger partial charge in [-0.3, -0.25) is 9.69 Å². The van der Waals surface area contributed by atoms with Gasteiger partial charge in [0.15, 0.2) is 0 Å². The number of likely N-dealkylation sites (tertiary alicyclic amines) is 2. The summed E-state index contributed by atoms with van der Waals surface area (Å²) < 4.78 is 5.37. The second kappa shape index (κ2) is 9.13. The Morgan fingerprint density at radius 3 is 2.50 bits per heavy atom. The molecule has 1 amide bonds. The Hall–Kier alpha value is -0.690. The Morgan fingerprint density at radius 1 is 1.04 bits per heavy atom. The predicted molar refractivity (Wildman–Crippen MR) is 92.9 cm³/mol. The van der Waals surface area contributed by atoms with E-state index in [0.29, 0.717) is 25.2 Å². The number of aliphatic hydroxyl groups is 1. The second-order valence-corrected chi connectivity index (χ2v) is 7.42. The minimum Gasteiger partial charge on any atom is -0.396 e. The molecule has 0 aromatic carbocycles. The molecule has 24 heavy (non-hydrogen) atoms. The number of rotatable bonds is 5. The summed E-state index contributed by atoms with van der Waals surface area (Å²) in [4.78, 5) is 19.8. The number of nitrogens with zero attached hydrogens (tertiary/aromatic N) is 3. The largest absolute Gasteiger partial charge is 0.396 e. The average molecular weight is 339 g/mol. The van der Waals surface area contributed by atoms with Crippen LogP contribution < -0.4 is 0 Å². The van der Waals surface area contributed by atoms with Crippen molar-refractivity contribution in [2.24, 2.45) is 5.92 Å². The molecule has 0 spiro atoms. The van der Waals surface area contributed by atoms with Crippen LogP contribution >= 0.6 is 0 Å². The van der Waals surface area contributed by atoms with Gasteiger partial charge >= 0.3 is 0 Å². The molecule has 3 aliphatic rings. The smallest absolute Gasteiger partial charge is 0.227 e. The van der Waals surface area contributed by atoms with Crippen LogP contribution in [0.3, 0.4) is 0 Å². The second-order valence-electron chi connectivity index (χ2n) is 7.42. The van der Waals surface area contributed by atoms with E-state index in [2.05, 4.69) is 9.80 Å². The van der Waals surface area contributed by atoms with E-state index in [9.17, 15) is 4.79 Å². The fourth-order valence-corrected chi connectivity index (χ4v) is 4.38. The Balaban J connectivity index is 1.46. The molecular formula is C18H33N3O3. The molecule has 1 N–H and O–H groups in total. The molecular weight excluding hydrogens is 306 g/mol. The number of amides is 1. The highest BCUT2D eigenvalue weighted by Gasteiger charge is 2.33. The van der Waals surface area contributed by atoms with E-state index >= 15 is 0 Å². The van der Waals surface area contributed by atoms with Crippen molar-refractivity contribution in [1.29, 1.82) is 0 Å². The lowest BCUT2D eigenvalue weighted by molar-refractivity contribution is -0.142. The summed E-state index contributed by atoms with van der Waals surface area (Å²) >= 11 is 0. The lowest BCUT2D eigenvalue weighted by atomic mass is 9.92. The number of hydrogen-bond donors (Lipinski definition) is 1. The monoisotopic (exact) mass is 339 g/mol. The molecule has 3 rings (SSSR count). The van der Waals surface area contributed by atoms with Crippen molar-refractivity contribution in [3.8, 4) is 0 Å². The molecule has 0 saturated carbocycles. The highest BCUT2D eigenvalue weighted by molar-refractivity contribution is 5.79. The van der Waals surface area contributed by atoms with Gasteiger partial charge in [-0.1, -0.05) is 0 Å². The van der Waals surface area contributed by atoms with E-state index in [4.69, 9.17) is 9.84 Å². The van der Waals surface area contributed by atoms with Crippen LogP contribution in [0.15, 0.2) is 0 Å². The standard InChI is InChI=1S/C18H33N3O3/c22-12-2-6-19-8-4-17(5-9-19)21-7-1-3-16(15-21)18(23)20-10-13-24-14-11-20/h16-17,22H,1-15H2. The van der Waals surface area contributed by atoms with E-state index in [1.807, 2.05) is 4.90 Å². The zero-order valence-electron chi connectivity index (χ0n) is 14.9. The summed E-state index contributed by atoms with van der Waals surface area (Å²) in [6, 6.07) is 0.635. The molecule has 0 aromatic heterocycles. The number of carbonyl (C=O) groups excluding carboxylic acids is 1. The summed E-state index contributed by atoms with van der Waals surface area (Å²) in [5, 5.41) is 8.96. The summed E-state index contributed by atoms with van der Waals surface area (Å²) in [5.74, 6) is 0.535. The van der Waals surface area contributed by atoms with Gasteiger partial charge in [-0.05, 0) is 51.7 Å². The molecule has 138 valence electrons. The lowest BCUT2D eigenvalue weighted by Crippen LogP contribution is -2.52. The number of piperidine rings is 2. The van der Waals surface area contributed by atoms with Crippen LogP contribution in [0.1, 0.15) is 32.1 Å². The Morgan fingerprint density at radius 2 is 1.79 bits per heavy atom. The first kappa shape index (κ1) is 18.1. The van der Waals surface area contributed by atoms with Crippen molar-refractivity contribution in [3.63, 3.8) is 0 Å². The SMILES string of the molecule is O=C(C1CCCN(C2CCN(CCCO)CC2)C1)N1CCOCC1. The van der Waals surface area contributed by atoms with E-state index in [1.54, 1.807) is 0 Å². The quantitative estimate of drug-likeness (QED) is 0.786. The zero-order chi connectivity index (χ0) is 16.8. The third-order valence-corrected chi connectivity index (χ3v) is 5.83. The summed E-state index contributed by atoms with van der Waals surface area (Å²) in [6.07, 6.45) is 5.46. The minimum atomic E-state index is 0.185. The molecule has 6 heteroatoms. The van der Waals surface area contributed by atoms with Crippen molar-refractivity contribution in [2.75, 3.05) is 65.6 Å². The van der Waals surface area contributed by atoms with Crippen LogP contribution in [0.4, 0.5) is 0 Å². The van der Waals surface area contributed by atoms with Gasteiger partial charge in [0.25, 0.3) is 0 Å². The number of morpholine rings is 1. The van der Waals surface area contributed by atoms with Gasteiger partial charge in [0.2, 0.25) is 5.91 Å². The van der Waals surface area contributed by atoms with Crippen LogP contribution in [-0.2, 0) is 9.53 Å². The number of ether oxygens (including phenoxy) is 1. The van der Waals surface area contributed by atoms with Gasteiger partial charge in [0.05, 0.1) is 19.1 Å². The van der Waals surface area contributed by atoms with Gasteiger partial charge in [0, 0.05) is 38.8 Å². The lowest BCUT2D eigenvalue weighted by Gasteiger charge is -2.43. The van der Waals surface area contributed by atoms with Gasteiger partial charge in [-0.15, -0.1) is 0 Å². The van der Waals surface area contributed by atoms with Crippen molar-refractivity contribution in [3.05, 3.63) is 0 Å². The molecule has 3 aliphatic heterocycles. The predicted octanol–water partition coefficient (Wildman–Crippen LogP) is 0.404. The molecule has 1 atom stereocenters. The Labute approximate surface area is 145 Å². The van der Waals surface area contributed by atoms with Crippen LogP contribution in [0.5, 0.6) is 0 Å². The average Bonchev–Trinajstić information content (AvgIpc) is 2.67. The molecule has 3 saturated heterocycles. The highest BCUT2D eigenvalue weighted by Crippen LogP contribution is 2.25. The summed E-state index contributed by atoms with van der Waals surface area (Å²) in [6.45, 7) is 8.55. The third-order valence-electron chi connectivity index (χ3n) is 5.83. The molecule has 0 bridgehead atoms. The molecule has 1 unspecified atom stereocenters. The minimum absolute atomic E-state index is 0.185. The highest BCUT2D eigenvalue weighted by atomic mass is 16.5. The maximum absolute atomic E-state index is 12.8. The van der Waals surface area contributed by atoms with Crippen LogP contribution in [0.25, 0.3) is 0 Å². The first-order chi connectivity index (χ1) is 11.8. The van der Waals surface area contributed by atoms with Gasteiger partial charge in [-0.25, -0.2) is 0 Å². The maximum atomic E-state index is 12.8. The number of carbonyl (C=O) groups is 1. The normalized spacial score (nSPS) is 28.2. The van der Waals surface area contributed by atoms with Crippen LogP contribution in [0.2, 0.25) is 0 Å². The van der Waals surface area contributed by atoms with Gasteiger partial charge < -0.3 is 19.6 Å². The number of hydrogen-bond acceptors (Lipinski definition) is 5. The molecule has 0 radical (unpaired) electrons. The van der Waals surface area contributed by atoms with Crippen LogP contribution in [-0.4, -0.2) is 97.4 Å². The van der Waals surface area contributed by atoms with E-state index < -0.39 is 0 Å². The Kier molecular flexibility index (Phi) is 6.89. The van der Waals surface area contributed by atoms with Crippen molar-refractivity contribution in [1.82, 2.24) is 14.7 Å². The fraction of sp³-hybridized carbons (Fsp3) is 0.944. The van der Waals surface area contributed by atoms with Crippen molar-refractivity contribution in [2.45, 2.75) is 38.1 Å². The van der Waals surface area contributed by atoms with E-state index in [-0.39, 0.29) is 12.5 Å². The summed E-state index contributed by atoms with van der Waals surface area (Å²) in [5.41, 5.74) is 0. The third kappa shape index (κ3) is 4.69.